The third-order valence-corrected chi connectivity index (χ3v) is 6.69. The minimum absolute atomic E-state index is 0.230. The molecule has 0 aliphatic carbocycles. The zero-order chi connectivity index (χ0) is 25.1. The summed E-state index contributed by atoms with van der Waals surface area (Å²) in [6.07, 6.45) is -0.799. The Balaban J connectivity index is 1.63. The summed E-state index contributed by atoms with van der Waals surface area (Å²) in [7, 11) is -0.744. The van der Waals surface area contributed by atoms with Crippen molar-refractivity contribution in [1.29, 1.82) is 0 Å². The Hall–Kier alpha value is -1.88. The van der Waals surface area contributed by atoms with Crippen LogP contribution in [-0.4, -0.2) is 70.5 Å². The van der Waals surface area contributed by atoms with Crippen molar-refractivity contribution in [2.75, 3.05) is 19.7 Å². The molecule has 8 nitrogen and oxygen atoms in total. The highest BCUT2D eigenvalue weighted by Crippen LogP contribution is 2.37. The number of nitrogens with zero attached hydrogens (tertiary/aromatic N) is 3. The Labute approximate surface area is 204 Å². The van der Waals surface area contributed by atoms with E-state index in [1.54, 1.807) is 21.7 Å². The predicted molar refractivity (Wildman–Crippen MR) is 128 cm³/mol. The van der Waals surface area contributed by atoms with Gasteiger partial charge in [0.1, 0.15) is 5.60 Å². The van der Waals surface area contributed by atoms with Gasteiger partial charge in [0.25, 0.3) is 0 Å². The summed E-state index contributed by atoms with van der Waals surface area (Å²) in [6.45, 7) is 14.6. The van der Waals surface area contributed by atoms with Gasteiger partial charge < -0.3 is 23.7 Å². The van der Waals surface area contributed by atoms with Crippen LogP contribution in [0.5, 0.6) is 0 Å². The van der Waals surface area contributed by atoms with Crippen LogP contribution in [0.2, 0.25) is 5.02 Å². The molecular formula is C23H32BClFN3O5. The van der Waals surface area contributed by atoms with E-state index in [1.165, 1.54) is 0 Å². The first-order valence-corrected chi connectivity index (χ1v) is 11.9. The summed E-state index contributed by atoms with van der Waals surface area (Å²) in [4.78, 5) is 14.1. The number of carbonyl (C=O) groups excluding carboxylic acids is 1. The maximum atomic E-state index is 14.9. The first kappa shape index (κ1) is 25.2. The van der Waals surface area contributed by atoms with Crippen LogP contribution in [0.25, 0.3) is 10.9 Å². The molecule has 0 bridgehead atoms. The van der Waals surface area contributed by atoms with Crippen molar-refractivity contribution in [2.45, 2.75) is 77.9 Å². The zero-order valence-corrected chi connectivity index (χ0v) is 21.5. The summed E-state index contributed by atoms with van der Waals surface area (Å²) in [5, 5.41) is 4.76. The second kappa shape index (κ2) is 8.66. The summed E-state index contributed by atoms with van der Waals surface area (Å²) < 4.78 is 40.3. The van der Waals surface area contributed by atoms with Crippen LogP contribution in [-0.2, 0) is 25.3 Å². The van der Waals surface area contributed by atoms with Gasteiger partial charge in [-0.2, -0.15) is 4.39 Å². The SMILES string of the molecule is CC(C)(C)OC(=O)N1CCO[C@H](Cn2nc(F)c3cc(Cl)cc(B4OC(C)(C)C(C)(C)O4)c32)C1. The van der Waals surface area contributed by atoms with Gasteiger partial charge in [-0.15, -0.1) is 5.10 Å². The van der Waals surface area contributed by atoms with Crippen molar-refractivity contribution >= 4 is 41.2 Å². The molecule has 1 atom stereocenters. The number of rotatable bonds is 3. The summed E-state index contributed by atoms with van der Waals surface area (Å²) in [5.41, 5.74) is -0.620. The number of amides is 1. The third kappa shape index (κ3) is 4.91. The first-order chi connectivity index (χ1) is 15.7. The molecule has 1 aromatic carbocycles. The van der Waals surface area contributed by atoms with E-state index in [-0.39, 0.29) is 11.9 Å². The average Bonchev–Trinajstić information content (AvgIpc) is 3.12. The summed E-state index contributed by atoms with van der Waals surface area (Å²) in [6, 6.07) is 3.26. The first-order valence-electron chi connectivity index (χ1n) is 11.5. The van der Waals surface area contributed by atoms with Crippen molar-refractivity contribution in [3.63, 3.8) is 0 Å². The van der Waals surface area contributed by atoms with Crippen LogP contribution in [0, 0.1) is 5.95 Å². The molecule has 0 unspecified atom stereocenters. The number of hydrogen-bond acceptors (Lipinski definition) is 6. The van der Waals surface area contributed by atoms with Gasteiger partial charge in [-0.25, -0.2) is 4.79 Å². The molecule has 2 aliphatic heterocycles. The van der Waals surface area contributed by atoms with Crippen molar-refractivity contribution in [3.8, 4) is 0 Å². The lowest BCUT2D eigenvalue weighted by molar-refractivity contribution is -0.0480. The Morgan fingerprint density at radius 3 is 2.53 bits per heavy atom. The molecule has 0 radical (unpaired) electrons. The molecule has 4 rings (SSSR count). The third-order valence-electron chi connectivity index (χ3n) is 6.47. The highest BCUT2D eigenvalue weighted by Gasteiger charge is 2.52. The largest absolute Gasteiger partial charge is 0.497 e. The van der Waals surface area contributed by atoms with E-state index in [2.05, 4.69) is 5.10 Å². The van der Waals surface area contributed by atoms with Crippen LogP contribution < -0.4 is 5.46 Å². The highest BCUT2D eigenvalue weighted by atomic mass is 35.5. The molecule has 2 fully saturated rings. The molecule has 2 aromatic rings. The van der Waals surface area contributed by atoms with Crippen LogP contribution in [0.3, 0.4) is 0 Å². The topological polar surface area (TPSA) is 75.0 Å². The number of benzene rings is 1. The van der Waals surface area contributed by atoms with Crippen molar-refractivity contribution in [3.05, 3.63) is 23.1 Å². The second-order valence-corrected chi connectivity index (χ2v) is 11.3. The number of morpholine rings is 1. The van der Waals surface area contributed by atoms with Gasteiger partial charge in [-0.1, -0.05) is 11.6 Å². The normalized spacial score (nSPS) is 22.4. The van der Waals surface area contributed by atoms with Gasteiger partial charge in [0, 0.05) is 17.0 Å². The number of aromatic nitrogens is 2. The minimum Gasteiger partial charge on any atom is -0.444 e. The maximum Gasteiger partial charge on any atom is 0.497 e. The highest BCUT2D eigenvalue weighted by molar-refractivity contribution is 6.65. The molecule has 1 amide bonds. The molecule has 2 saturated heterocycles. The standard InChI is InChI=1S/C23H32BClFN3O5/c1-21(2,3)32-20(30)28-8-9-31-15(12-28)13-29-18-16(19(26)27-29)10-14(25)11-17(18)24-33-22(4,5)23(6,7)34-24/h10-11,15H,8-9,12-13H2,1-7H3/t15-/m0/s1. The molecule has 1 aromatic heterocycles. The lowest BCUT2D eigenvalue weighted by Crippen LogP contribution is -2.48. The molecule has 11 heteroatoms. The number of ether oxygens (including phenoxy) is 2. The van der Waals surface area contributed by atoms with Crippen LogP contribution in [0.4, 0.5) is 9.18 Å². The number of halogens is 2. The van der Waals surface area contributed by atoms with E-state index in [4.69, 9.17) is 30.4 Å². The Morgan fingerprint density at radius 1 is 1.26 bits per heavy atom. The van der Waals surface area contributed by atoms with E-state index in [9.17, 15) is 9.18 Å². The molecule has 34 heavy (non-hydrogen) atoms. The Morgan fingerprint density at radius 2 is 1.91 bits per heavy atom. The van der Waals surface area contributed by atoms with Gasteiger partial charge in [0.15, 0.2) is 0 Å². The van der Waals surface area contributed by atoms with E-state index in [0.29, 0.717) is 35.7 Å². The van der Waals surface area contributed by atoms with E-state index < -0.39 is 42.1 Å². The molecular weight excluding hydrogens is 464 g/mol. The molecule has 3 heterocycles. The van der Waals surface area contributed by atoms with Gasteiger partial charge >= 0.3 is 13.2 Å². The fourth-order valence-corrected chi connectivity index (χ4v) is 4.30. The molecule has 0 saturated carbocycles. The van der Waals surface area contributed by atoms with E-state index in [0.717, 1.165) is 0 Å². The Kier molecular flexibility index (Phi) is 6.42. The van der Waals surface area contributed by atoms with Gasteiger partial charge in [0.05, 0.1) is 47.9 Å². The quantitative estimate of drug-likeness (QED) is 0.604. The van der Waals surface area contributed by atoms with E-state index in [1.807, 2.05) is 48.5 Å². The van der Waals surface area contributed by atoms with Gasteiger partial charge in [0.2, 0.25) is 5.95 Å². The fourth-order valence-electron chi connectivity index (χ4n) is 4.07. The van der Waals surface area contributed by atoms with Crippen molar-refractivity contribution in [1.82, 2.24) is 14.7 Å². The summed E-state index contributed by atoms with van der Waals surface area (Å²) in [5.74, 6) is -0.643. The van der Waals surface area contributed by atoms with Gasteiger partial charge in [-0.3, -0.25) is 4.68 Å². The smallest absolute Gasteiger partial charge is 0.444 e. The molecule has 0 N–H and O–H groups in total. The fraction of sp³-hybridized carbons (Fsp3) is 0.652. The lowest BCUT2D eigenvalue weighted by atomic mass is 9.77. The monoisotopic (exact) mass is 495 g/mol. The molecule has 2 aliphatic rings. The lowest BCUT2D eigenvalue weighted by Gasteiger charge is -2.34. The molecule has 186 valence electrons. The van der Waals surface area contributed by atoms with E-state index >= 15 is 0 Å². The Bertz CT molecular complexity index is 1080. The number of carbonyl (C=O) groups is 1. The number of fused-ring (bicyclic) bond motifs is 1. The van der Waals surface area contributed by atoms with Crippen molar-refractivity contribution < 1.29 is 28.0 Å². The maximum absolute atomic E-state index is 14.9. The summed E-state index contributed by atoms with van der Waals surface area (Å²) >= 11 is 6.33. The van der Waals surface area contributed by atoms with Gasteiger partial charge in [-0.05, 0) is 60.6 Å². The minimum atomic E-state index is -0.744. The van der Waals surface area contributed by atoms with Crippen molar-refractivity contribution in [2.24, 2.45) is 0 Å². The van der Waals surface area contributed by atoms with Crippen LogP contribution in [0.1, 0.15) is 48.5 Å². The molecule has 0 spiro atoms. The second-order valence-electron chi connectivity index (χ2n) is 10.9. The van der Waals surface area contributed by atoms with Crippen LogP contribution in [0.15, 0.2) is 12.1 Å². The average molecular weight is 496 g/mol. The predicted octanol–water partition coefficient (Wildman–Crippen LogP) is 3.76. The van der Waals surface area contributed by atoms with Crippen LogP contribution >= 0.6 is 11.6 Å². The zero-order valence-electron chi connectivity index (χ0n) is 20.8. The number of hydrogen-bond donors (Lipinski definition) is 0.